The van der Waals surface area contributed by atoms with Crippen molar-refractivity contribution >= 4 is 27.5 Å². The monoisotopic (exact) mass is 349 g/mol. The summed E-state index contributed by atoms with van der Waals surface area (Å²) in [7, 11) is 0. The summed E-state index contributed by atoms with van der Waals surface area (Å²) in [5.74, 6) is -0.177. The second-order valence-corrected chi connectivity index (χ2v) is 5.24. The molecule has 112 valence electrons. The number of amides is 1. The number of hydrogen-bond acceptors (Lipinski definition) is 2. The molecule has 0 saturated carbocycles. The molecule has 2 N–H and O–H groups in total. The fourth-order valence-corrected chi connectivity index (χ4v) is 2.39. The zero-order valence-electron chi connectivity index (χ0n) is 12.7. The minimum atomic E-state index is -0.233. The van der Waals surface area contributed by atoms with E-state index in [-0.39, 0.29) is 11.7 Å². The van der Waals surface area contributed by atoms with Crippen LogP contribution in [0.2, 0.25) is 0 Å². The lowest BCUT2D eigenvalue weighted by Gasteiger charge is -2.11. The van der Waals surface area contributed by atoms with Gasteiger partial charge in [-0.3, -0.25) is 4.79 Å². The number of rotatable bonds is 2. The van der Waals surface area contributed by atoms with E-state index in [0.29, 0.717) is 11.3 Å². The third kappa shape index (κ3) is 4.33. The number of aromatic hydroxyl groups is 1. The molecule has 0 atom stereocenters. The van der Waals surface area contributed by atoms with Crippen molar-refractivity contribution in [3.8, 4) is 5.75 Å². The Morgan fingerprint density at radius 3 is 2.38 bits per heavy atom. The molecular weight excluding hydrogens is 330 g/mol. The molecule has 0 radical (unpaired) electrons. The molecule has 2 rings (SSSR count). The standard InChI is InChI=1S/C15H14BrNO2.C2H6/c1-9-7-11(10(2)12(16)8-9)15(19)17-13-5-3-4-6-14(13)18;1-2/h3-8,18H,1-2H3,(H,17,19);1-2H3. The summed E-state index contributed by atoms with van der Waals surface area (Å²) in [5, 5.41) is 12.4. The van der Waals surface area contributed by atoms with Crippen molar-refractivity contribution in [1.82, 2.24) is 0 Å². The van der Waals surface area contributed by atoms with Gasteiger partial charge in [0.1, 0.15) is 5.75 Å². The van der Waals surface area contributed by atoms with Gasteiger partial charge < -0.3 is 10.4 Å². The van der Waals surface area contributed by atoms with Crippen LogP contribution in [0, 0.1) is 13.8 Å². The highest BCUT2D eigenvalue weighted by Crippen LogP contribution is 2.25. The zero-order valence-corrected chi connectivity index (χ0v) is 14.3. The smallest absolute Gasteiger partial charge is 0.256 e. The van der Waals surface area contributed by atoms with Gasteiger partial charge in [-0.25, -0.2) is 0 Å². The van der Waals surface area contributed by atoms with Crippen molar-refractivity contribution in [2.24, 2.45) is 0 Å². The Hall–Kier alpha value is -1.81. The van der Waals surface area contributed by atoms with E-state index in [1.807, 2.05) is 39.8 Å². The van der Waals surface area contributed by atoms with Crippen LogP contribution in [0.25, 0.3) is 0 Å². The highest BCUT2D eigenvalue weighted by Gasteiger charge is 2.13. The Balaban J connectivity index is 0.00000106. The molecule has 3 nitrogen and oxygen atoms in total. The molecule has 2 aromatic rings. The van der Waals surface area contributed by atoms with Crippen LogP contribution < -0.4 is 5.32 Å². The molecule has 0 heterocycles. The molecule has 0 bridgehead atoms. The molecule has 0 aliphatic rings. The van der Waals surface area contributed by atoms with Gasteiger partial charge in [-0.1, -0.05) is 41.9 Å². The number of phenolic OH excluding ortho intramolecular Hbond substituents is 1. The van der Waals surface area contributed by atoms with Crippen molar-refractivity contribution in [2.75, 3.05) is 5.32 Å². The number of hydrogen-bond donors (Lipinski definition) is 2. The van der Waals surface area contributed by atoms with Gasteiger partial charge in [0.2, 0.25) is 0 Å². The topological polar surface area (TPSA) is 49.3 Å². The lowest BCUT2D eigenvalue weighted by molar-refractivity contribution is 0.102. The Morgan fingerprint density at radius 2 is 1.76 bits per heavy atom. The third-order valence-electron chi connectivity index (χ3n) is 2.89. The maximum atomic E-state index is 12.2. The molecular formula is C17H20BrNO2. The molecule has 4 heteroatoms. The summed E-state index contributed by atoms with van der Waals surface area (Å²) in [4.78, 5) is 12.2. The Labute approximate surface area is 134 Å². The quantitative estimate of drug-likeness (QED) is 0.745. The Morgan fingerprint density at radius 1 is 1.14 bits per heavy atom. The number of benzene rings is 2. The van der Waals surface area contributed by atoms with E-state index in [4.69, 9.17) is 0 Å². The number of nitrogens with one attached hydrogen (secondary N) is 1. The zero-order chi connectivity index (χ0) is 16.0. The molecule has 0 fully saturated rings. The summed E-state index contributed by atoms with van der Waals surface area (Å²) in [5.41, 5.74) is 2.87. The van der Waals surface area contributed by atoms with E-state index >= 15 is 0 Å². The average molecular weight is 350 g/mol. The fraction of sp³-hybridized carbons (Fsp3) is 0.235. The first-order valence-electron chi connectivity index (χ1n) is 6.85. The number of carbonyl (C=O) groups is 1. The molecule has 0 spiro atoms. The summed E-state index contributed by atoms with van der Waals surface area (Å²) < 4.78 is 0.898. The molecule has 0 aliphatic heterocycles. The maximum absolute atomic E-state index is 12.2. The number of phenols is 1. The molecule has 21 heavy (non-hydrogen) atoms. The maximum Gasteiger partial charge on any atom is 0.256 e. The van der Waals surface area contributed by atoms with Crippen molar-refractivity contribution in [3.63, 3.8) is 0 Å². The van der Waals surface area contributed by atoms with Crippen LogP contribution in [0.4, 0.5) is 5.69 Å². The van der Waals surface area contributed by atoms with Gasteiger partial charge in [0.15, 0.2) is 0 Å². The van der Waals surface area contributed by atoms with Gasteiger partial charge >= 0.3 is 0 Å². The van der Waals surface area contributed by atoms with Crippen LogP contribution in [-0.4, -0.2) is 11.0 Å². The van der Waals surface area contributed by atoms with E-state index in [1.54, 1.807) is 18.2 Å². The van der Waals surface area contributed by atoms with Crippen molar-refractivity contribution in [1.29, 1.82) is 0 Å². The normalized spacial score (nSPS) is 9.57. The van der Waals surface area contributed by atoms with E-state index in [1.165, 1.54) is 6.07 Å². The summed E-state index contributed by atoms with van der Waals surface area (Å²) in [6.07, 6.45) is 0. The van der Waals surface area contributed by atoms with Crippen molar-refractivity contribution in [2.45, 2.75) is 27.7 Å². The molecule has 2 aromatic carbocycles. The summed E-state index contributed by atoms with van der Waals surface area (Å²) >= 11 is 3.44. The number of anilines is 1. The van der Waals surface area contributed by atoms with Crippen LogP contribution in [0.3, 0.4) is 0 Å². The Kier molecular flexibility index (Phi) is 6.43. The minimum Gasteiger partial charge on any atom is -0.506 e. The van der Waals surface area contributed by atoms with Gasteiger partial charge in [-0.05, 0) is 49.2 Å². The molecule has 0 aliphatic carbocycles. The number of para-hydroxylation sites is 2. The van der Waals surface area contributed by atoms with Crippen molar-refractivity contribution in [3.05, 3.63) is 57.6 Å². The van der Waals surface area contributed by atoms with Crippen molar-refractivity contribution < 1.29 is 9.90 Å². The lowest BCUT2D eigenvalue weighted by atomic mass is 10.0. The summed E-state index contributed by atoms with van der Waals surface area (Å²) in [6, 6.07) is 10.5. The average Bonchev–Trinajstić information content (AvgIpc) is 2.47. The van der Waals surface area contributed by atoms with Gasteiger partial charge in [-0.15, -0.1) is 0 Å². The third-order valence-corrected chi connectivity index (χ3v) is 3.71. The minimum absolute atomic E-state index is 0.0558. The fourth-order valence-electron chi connectivity index (χ4n) is 1.82. The van der Waals surface area contributed by atoms with Crippen LogP contribution in [0.15, 0.2) is 40.9 Å². The second-order valence-electron chi connectivity index (χ2n) is 4.39. The predicted octanol–water partition coefficient (Wildman–Crippen LogP) is 5.05. The van der Waals surface area contributed by atoms with Gasteiger partial charge in [-0.2, -0.15) is 0 Å². The second kappa shape index (κ2) is 7.84. The number of halogens is 1. The van der Waals surface area contributed by atoms with Gasteiger partial charge in [0.05, 0.1) is 5.69 Å². The number of carbonyl (C=O) groups excluding carboxylic acids is 1. The first-order chi connectivity index (χ1) is 9.99. The van der Waals surface area contributed by atoms with E-state index < -0.39 is 0 Å². The first kappa shape index (κ1) is 17.2. The van der Waals surface area contributed by atoms with Crippen LogP contribution >= 0.6 is 15.9 Å². The largest absolute Gasteiger partial charge is 0.506 e. The van der Waals surface area contributed by atoms with E-state index in [2.05, 4.69) is 21.2 Å². The highest BCUT2D eigenvalue weighted by molar-refractivity contribution is 9.10. The Bertz CT molecular complexity index is 639. The molecule has 0 unspecified atom stereocenters. The first-order valence-corrected chi connectivity index (χ1v) is 7.64. The van der Waals surface area contributed by atoms with Crippen LogP contribution in [0.1, 0.15) is 35.3 Å². The van der Waals surface area contributed by atoms with Crippen LogP contribution in [-0.2, 0) is 0 Å². The van der Waals surface area contributed by atoms with Crippen LogP contribution in [0.5, 0.6) is 5.75 Å². The summed E-state index contributed by atoms with van der Waals surface area (Å²) in [6.45, 7) is 7.81. The number of aryl methyl sites for hydroxylation is 1. The lowest BCUT2D eigenvalue weighted by Crippen LogP contribution is -2.14. The van der Waals surface area contributed by atoms with Gasteiger partial charge in [0, 0.05) is 10.0 Å². The van der Waals surface area contributed by atoms with Gasteiger partial charge in [0.25, 0.3) is 5.91 Å². The molecule has 0 saturated heterocycles. The molecule has 0 aromatic heterocycles. The SMILES string of the molecule is CC.Cc1cc(Br)c(C)c(C(=O)Nc2ccccc2O)c1. The molecule has 1 amide bonds. The van der Waals surface area contributed by atoms with E-state index in [9.17, 15) is 9.90 Å². The highest BCUT2D eigenvalue weighted by atomic mass is 79.9. The predicted molar refractivity (Wildman–Crippen MR) is 91.0 cm³/mol. The van der Waals surface area contributed by atoms with E-state index in [0.717, 1.165) is 15.6 Å².